The molecule has 0 radical (unpaired) electrons. The molecule has 1 fully saturated rings. The molecule has 0 aromatic carbocycles. The molecular formula is C15H22FN3O6. The minimum absolute atomic E-state index is 0.432. The number of aliphatic hydroxyl groups excluding tert-OH is 2. The average Bonchev–Trinajstić information content (AvgIpc) is 2.95. The molecule has 0 bridgehead atoms. The predicted octanol–water partition coefficient (Wildman–Crippen LogP) is 0.760. The van der Waals surface area contributed by atoms with Gasteiger partial charge in [0.25, 0.3) is 0 Å². The SMILES string of the molecule is [2H]C([2H])([2H])C([2H])([2H])C([2H])([2H])C([2H])([2H])C([2H])([2H])OC(=O)Nc1nc(=O)n([C@@H]2O[C@H](C)[C@@H](O)[C@H]2O)cc1F. The van der Waals surface area contributed by atoms with Crippen molar-refractivity contribution in [3.63, 3.8) is 0 Å². The molecule has 0 saturated carbocycles. The number of nitrogens with one attached hydrogen (secondary N) is 1. The molecule has 10 heteroatoms. The van der Waals surface area contributed by atoms with Crippen LogP contribution in [0.15, 0.2) is 11.0 Å². The van der Waals surface area contributed by atoms with Gasteiger partial charge in [-0.3, -0.25) is 9.88 Å². The number of hydrogen-bond donors (Lipinski definition) is 3. The topological polar surface area (TPSA) is 123 Å². The third kappa shape index (κ3) is 4.53. The van der Waals surface area contributed by atoms with Gasteiger partial charge in [0.15, 0.2) is 17.9 Å². The van der Waals surface area contributed by atoms with E-state index in [1.807, 2.05) is 0 Å². The first-order valence-electron chi connectivity index (χ1n) is 12.3. The highest BCUT2D eigenvalue weighted by molar-refractivity contribution is 5.83. The molecule has 2 heterocycles. The zero-order chi connectivity index (χ0) is 28.2. The maximum Gasteiger partial charge on any atom is 0.412 e. The fraction of sp³-hybridized carbons (Fsp3) is 0.667. The number of carbonyl (C=O) groups excluding carboxylic acids is 1. The zero-order valence-corrected chi connectivity index (χ0v) is 12.7. The Hall–Kier alpha value is -2.04. The number of amides is 1. The molecular weight excluding hydrogens is 337 g/mol. The van der Waals surface area contributed by atoms with Crippen LogP contribution in [0.5, 0.6) is 0 Å². The van der Waals surface area contributed by atoms with Gasteiger partial charge >= 0.3 is 11.8 Å². The first kappa shape index (κ1) is 9.06. The van der Waals surface area contributed by atoms with Gasteiger partial charge in [-0.2, -0.15) is 4.98 Å². The smallest absolute Gasteiger partial charge is 0.412 e. The van der Waals surface area contributed by atoms with Crippen LogP contribution < -0.4 is 11.0 Å². The Bertz CT molecular complexity index is 1070. The number of aromatic nitrogens is 2. The van der Waals surface area contributed by atoms with Crippen LogP contribution in [0, 0.1) is 5.82 Å². The summed E-state index contributed by atoms with van der Waals surface area (Å²) in [5.41, 5.74) is -1.31. The number of nitrogens with zero attached hydrogens (tertiary/aromatic N) is 2. The molecule has 1 aromatic heterocycles. The van der Waals surface area contributed by atoms with Crippen LogP contribution in [0.25, 0.3) is 0 Å². The highest BCUT2D eigenvalue weighted by Crippen LogP contribution is 2.28. The molecule has 2 rings (SSSR count). The zero-order valence-electron chi connectivity index (χ0n) is 23.7. The highest BCUT2D eigenvalue weighted by Gasteiger charge is 2.42. The summed E-state index contributed by atoms with van der Waals surface area (Å²) in [5.74, 6) is -2.60. The van der Waals surface area contributed by atoms with Crippen molar-refractivity contribution in [1.82, 2.24) is 9.55 Å². The Morgan fingerprint density at radius 1 is 1.56 bits per heavy atom. The lowest BCUT2D eigenvalue weighted by atomic mass is 10.1. The van der Waals surface area contributed by atoms with E-state index in [1.54, 1.807) is 0 Å². The second-order valence-corrected chi connectivity index (χ2v) is 4.83. The van der Waals surface area contributed by atoms with E-state index < -0.39 is 80.5 Å². The first-order chi connectivity index (χ1) is 16.0. The van der Waals surface area contributed by atoms with E-state index in [9.17, 15) is 24.2 Å². The van der Waals surface area contributed by atoms with Crippen molar-refractivity contribution < 1.29 is 44.0 Å². The Morgan fingerprint density at radius 3 is 2.96 bits per heavy atom. The fourth-order valence-corrected chi connectivity index (χ4v) is 2.02. The van der Waals surface area contributed by atoms with Gasteiger partial charge in [-0.15, -0.1) is 0 Å². The standard InChI is InChI=1S/C15H22FN3O6/c1-3-4-5-6-24-15(23)18-12-9(16)7-19(14(22)17-12)13-11(21)10(20)8(2)25-13/h7-8,10-11,13,20-21H,3-6H2,1-2H3,(H,17,18,22,23)/t8-,10-,11-,13-/m1/s1/i1D3,3D2,4D2,5D2,6D2. The van der Waals surface area contributed by atoms with Crippen molar-refractivity contribution in [3.8, 4) is 0 Å². The van der Waals surface area contributed by atoms with Crippen LogP contribution in [-0.4, -0.2) is 50.7 Å². The number of carbonyl (C=O) groups is 1. The van der Waals surface area contributed by atoms with Crippen molar-refractivity contribution in [3.05, 3.63) is 22.5 Å². The molecule has 0 spiro atoms. The lowest BCUT2D eigenvalue weighted by Crippen LogP contribution is -2.36. The maximum atomic E-state index is 14.5. The number of rotatable bonds is 6. The van der Waals surface area contributed by atoms with Gasteiger partial charge in [0.05, 0.1) is 21.6 Å². The molecule has 1 saturated heterocycles. The largest absolute Gasteiger partial charge is 0.449 e. The predicted molar refractivity (Wildman–Crippen MR) is 84.5 cm³/mol. The normalized spacial score (nSPS) is 35.1. The Morgan fingerprint density at radius 2 is 2.32 bits per heavy atom. The third-order valence-corrected chi connectivity index (χ3v) is 3.20. The van der Waals surface area contributed by atoms with Gasteiger partial charge in [-0.1, -0.05) is 19.6 Å². The summed E-state index contributed by atoms with van der Waals surface area (Å²) in [5, 5.41) is 21.2. The fourth-order valence-electron chi connectivity index (χ4n) is 2.02. The summed E-state index contributed by atoms with van der Waals surface area (Å²) in [6.45, 7) is -6.41. The minimum atomic E-state index is -4.11. The number of aliphatic hydroxyl groups is 2. The van der Waals surface area contributed by atoms with Crippen LogP contribution in [-0.2, 0) is 9.47 Å². The summed E-state index contributed by atoms with van der Waals surface area (Å²) >= 11 is 0. The summed E-state index contributed by atoms with van der Waals surface area (Å²) in [4.78, 5) is 27.5. The summed E-state index contributed by atoms with van der Waals surface area (Å²) < 4.78 is 107. The van der Waals surface area contributed by atoms with E-state index in [1.165, 1.54) is 12.2 Å². The van der Waals surface area contributed by atoms with Crippen LogP contribution in [0.3, 0.4) is 0 Å². The van der Waals surface area contributed by atoms with Gasteiger partial charge in [0, 0.05) is 12.3 Å². The molecule has 1 aliphatic rings. The number of hydrogen-bond acceptors (Lipinski definition) is 7. The molecule has 9 nitrogen and oxygen atoms in total. The summed E-state index contributed by atoms with van der Waals surface area (Å²) in [6.07, 6.45) is -19.2. The van der Waals surface area contributed by atoms with Crippen LogP contribution in [0.4, 0.5) is 15.0 Å². The highest BCUT2D eigenvalue weighted by atomic mass is 19.1. The van der Waals surface area contributed by atoms with Crippen LogP contribution >= 0.6 is 0 Å². The van der Waals surface area contributed by atoms with Crippen LogP contribution in [0.1, 0.15) is 54.2 Å². The average molecular weight is 370 g/mol. The van der Waals surface area contributed by atoms with Gasteiger partial charge in [0.1, 0.15) is 12.2 Å². The lowest BCUT2D eigenvalue weighted by Gasteiger charge is -2.17. The van der Waals surface area contributed by atoms with Gasteiger partial charge in [-0.05, 0) is 13.3 Å². The molecule has 0 unspecified atom stereocenters. The van der Waals surface area contributed by atoms with E-state index in [4.69, 9.17) is 19.8 Å². The molecule has 0 aliphatic carbocycles. The molecule has 1 aromatic rings. The molecule has 25 heavy (non-hydrogen) atoms. The lowest BCUT2D eigenvalue weighted by molar-refractivity contribution is -0.0355. The Labute approximate surface area is 158 Å². The monoisotopic (exact) mass is 370 g/mol. The van der Waals surface area contributed by atoms with Crippen LogP contribution in [0.2, 0.25) is 0 Å². The van der Waals surface area contributed by atoms with E-state index in [2.05, 4.69) is 9.72 Å². The summed E-state index contributed by atoms with van der Waals surface area (Å²) in [7, 11) is 0. The quantitative estimate of drug-likeness (QED) is 0.675. The second-order valence-electron chi connectivity index (χ2n) is 4.83. The molecule has 3 N–H and O–H groups in total. The van der Waals surface area contributed by atoms with E-state index in [0.717, 1.165) is 0 Å². The molecule has 140 valence electrons. The number of halogens is 1. The Kier molecular flexibility index (Phi) is 3.03. The van der Waals surface area contributed by atoms with E-state index in [-0.39, 0.29) is 0 Å². The second kappa shape index (κ2) is 8.37. The first-order valence-corrected chi connectivity index (χ1v) is 6.80. The van der Waals surface area contributed by atoms with Gasteiger partial charge in [0.2, 0.25) is 0 Å². The van der Waals surface area contributed by atoms with Gasteiger partial charge < -0.3 is 19.7 Å². The molecule has 1 amide bonds. The van der Waals surface area contributed by atoms with E-state index >= 15 is 0 Å². The van der Waals surface area contributed by atoms with Gasteiger partial charge in [-0.25, -0.2) is 14.0 Å². The van der Waals surface area contributed by atoms with Crippen molar-refractivity contribution in [1.29, 1.82) is 0 Å². The Balaban J connectivity index is 2.28. The van der Waals surface area contributed by atoms with Crippen molar-refractivity contribution in [2.75, 3.05) is 11.9 Å². The van der Waals surface area contributed by atoms with Crippen molar-refractivity contribution in [2.24, 2.45) is 0 Å². The number of ether oxygens (including phenoxy) is 2. The molecule has 4 atom stereocenters. The van der Waals surface area contributed by atoms with Crippen molar-refractivity contribution >= 4 is 11.9 Å². The number of anilines is 1. The van der Waals surface area contributed by atoms with Crippen molar-refractivity contribution in [2.45, 2.75) is 57.4 Å². The maximum absolute atomic E-state index is 14.5. The summed E-state index contributed by atoms with van der Waals surface area (Å²) in [6, 6.07) is 0. The molecule has 1 aliphatic heterocycles. The minimum Gasteiger partial charge on any atom is -0.449 e. The van der Waals surface area contributed by atoms with E-state index in [0.29, 0.717) is 10.8 Å². The third-order valence-electron chi connectivity index (χ3n) is 3.20.